The number of rotatable bonds is 7. The monoisotopic (exact) mass is 271 g/mol. The Kier molecular flexibility index (Phi) is 5.44. The molecule has 0 atom stereocenters. The number of aliphatic hydroxyl groups is 1. The molecule has 2 aromatic carbocycles. The zero-order valence-electron chi connectivity index (χ0n) is 11.8. The van der Waals surface area contributed by atoms with Gasteiger partial charge in [-0.3, -0.25) is 0 Å². The highest BCUT2D eigenvalue weighted by atomic mass is 16.5. The third kappa shape index (κ3) is 3.75. The zero-order chi connectivity index (χ0) is 14.2. The standard InChI is InChI=1S/C17H21NO2/c1-2-20-17-11-7-6-10-16(17)18(12-13-19)14-15-8-4-3-5-9-15/h3-11,19H,2,12-14H2,1H3. The van der Waals surface area contributed by atoms with Crippen LogP contribution in [-0.2, 0) is 6.54 Å². The van der Waals surface area contributed by atoms with Gasteiger partial charge in [0.2, 0.25) is 0 Å². The summed E-state index contributed by atoms with van der Waals surface area (Å²) in [7, 11) is 0. The molecule has 2 rings (SSSR count). The van der Waals surface area contributed by atoms with Gasteiger partial charge >= 0.3 is 0 Å². The minimum atomic E-state index is 0.118. The van der Waals surface area contributed by atoms with Crippen LogP contribution in [0.15, 0.2) is 54.6 Å². The van der Waals surface area contributed by atoms with Crippen LogP contribution in [0.2, 0.25) is 0 Å². The van der Waals surface area contributed by atoms with E-state index < -0.39 is 0 Å². The first-order valence-electron chi connectivity index (χ1n) is 6.96. The van der Waals surface area contributed by atoms with Crippen molar-refractivity contribution in [3.63, 3.8) is 0 Å². The Morgan fingerprint density at radius 1 is 1.00 bits per heavy atom. The lowest BCUT2D eigenvalue weighted by Gasteiger charge is -2.26. The molecular weight excluding hydrogens is 250 g/mol. The molecule has 20 heavy (non-hydrogen) atoms. The second-order valence-corrected chi connectivity index (χ2v) is 4.53. The Morgan fingerprint density at radius 2 is 1.70 bits per heavy atom. The summed E-state index contributed by atoms with van der Waals surface area (Å²) in [5, 5.41) is 9.31. The van der Waals surface area contributed by atoms with Crippen LogP contribution in [0.3, 0.4) is 0 Å². The lowest BCUT2D eigenvalue weighted by Crippen LogP contribution is -2.26. The fourth-order valence-corrected chi connectivity index (χ4v) is 2.21. The molecule has 0 radical (unpaired) electrons. The summed E-state index contributed by atoms with van der Waals surface area (Å²) < 4.78 is 5.68. The van der Waals surface area contributed by atoms with Gasteiger partial charge in [-0.15, -0.1) is 0 Å². The Bertz CT molecular complexity index is 513. The van der Waals surface area contributed by atoms with Crippen molar-refractivity contribution in [2.75, 3.05) is 24.7 Å². The molecule has 0 amide bonds. The van der Waals surface area contributed by atoms with Gasteiger partial charge in [0.15, 0.2) is 0 Å². The summed E-state index contributed by atoms with van der Waals surface area (Å²) >= 11 is 0. The minimum absolute atomic E-state index is 0.118. The number of benzene rings is 2. The van der Waals surface area contributed by atoms with E-state index in [0.717, 1.165) is 18.0 Å². The van der Waals surface area contributed by atoms with Gasteiger partial charge in [-0.05, 0) is 24.6 Å². The third-order valence-corrected chi connectivity index (χ3v) is 3.09. The van der Waals surface area contributed by atoms with Crippen LogP contribution >= 0.6 is 0 Å². The maximum Gasteiger partial charge on any atom is 0.142 e. The van der Waals surface area contributed by atoms with E-state index in [1.165, 1.54) is 5.56 Å². The van der Waals surface area contributed by atoms with E-state index in [9.17, 15) is 5.11 Å². The minimum Gasteiger partial charge on any atom is -0.492 e. The van der Waals surface area contributed by atoms with Crippen molar-refractivity contribution >= 4 is 5.69 Å². The van der Waals surface area contributed by atoms with Gasteiger partial charge in [0.05, 0.1) is 18.9 Å². The number of hydrogen-bond donors (Lipinski definition) is 1. The average molecular weight is 271 g/mol. The van der Waals surface area contributed by atoms with E-state index >= 15 is 0 Å². The first-order valence-corrected chi connectivity index (χ1v) is 6.96. The first kappa shape index (κ1) is 14.4. The Labute approximate surface area is 120 Å². The molecule has 0 unspecified atom stereocenters. The lowest BCUT2D eigenvalue weighted by molar-refractivity contribution is 0.300. The van der Waals surface area contributed by atoms with Crippen molar-refractivity contribution < 1.29 is 9.84 Å². The van der Waals surface area contributed by atoms with E-state index in [-0.39, 0.29) is 6.61 Å². The second-order valence-electron chi connectivity index (χ2n) is 4.53. The summed E-state index contributed by atoms with van der Waals surface area (Å²) in [4.78, 5) is 2.14. The smallest absolute Gasteiger partial charge is 0.142 e. The molecule has 0 aliphatic heterocycles. The maximum absolute atomic E-state index is 9.31. The summed E-state index contributed by atoms with van der Waals surface area (Å²) in [6.45, 7) is 4.07. The fraction of sp³-hybridized carbons (Fsp3) is 0.294. The van der Waals surface area contributed by atoms with Crippen molar-refractivity contribution in [3.05, 3.63) is 60.2 Å². The van der Waals surface area contributed by atoms with E-state index in [2.05, 4.69) is 17.0 Å². The first-order chi connectivity index (χ1) is 9.85. The van der Waals surface area contributed by atoms with Crippen molar-refractivity contribution in [2.45, 2.75) is 13.5 Å². The van der Waals surface area contributed by atoms with Crippen LogP contribution in [-0.4, -0.2) is 24.9 Å². The molecule has 3 nitrogen and oxygen atoms in total. The molecule has 3 heteroatoms. The number of hydrogen-bond acceptors (Lipinski definition) is 3. The lowest BCUT2D eigenvalue weighted by atomic mass is 10.2. The normalized spacial score (nSPS) is 10.3. The molecule has 2 aromatic rings. The molecule has 0 heterocycles. The molecule has 0 saturated carbocycles. The zero-order valence-corrected chi connectivity index (χ0v) is 11.8. The number of anilines is 1. The Morgan fingerprint density at radius 3 is 2.40 bits per heavy atom. The van der Waals surface area contributed by atoms with Crippen molar-refractivity contribution in [3.8, 4) is 5.75 Å². The fourth-order valence-electron chi connectivity index (χ4n) is 2.21. The van der Waals surface area contributed by atoms with E-state index in [4.69, 9.17) is 4.74 Å². The molecule has 0 aromatic heterocycles. The summed E-state index contributed by atoms with van der Waals surface area (Å²) in [6, 6.07) is 18.2. The van der Waals surface area contributed by atoms with Gasteiger partial charge in [-0.2, -0.15) is 0 Å². The van der Waals surface area contributed by atoms with Crippen molar-refractivity contribution in [1.29, 1.82) is 0 Å². The maximum atomic E-state index is 9.31. The molecule has 0 fully saturated rings. The third-order valence-electron chi connectivity index (χ3n) is 3.09. The predicted molar refractivity (Wildman–Crippen MR) is 82.2 cm³/mol. The molecule has 0 aliphatic carbocycles. The molecular formula is C17H21NO2. The Hall–Kier alpha value is -2.00. The summed E-state index contributed by atoms with van der Waals surface area (Å²) in [5.74, 6) is 0.861. The number of ether oxygens (including phenoxy) is 1. The topological polar surface area (TPSA) is 32.7 Å². The highest BCUT2D eigenvalue weighted by Gasteiger charge is 2.11. The van der Waals surface area contributed by atoms with Crippen molar-refractivity contribution in [1.82, 2.24) is 0 Å². The van der Waals surface area contributed by atoms with Gasteiger partial charge in [0, 0.05) is 13.1 Å². The van der Waals surface area contributed by atoms with Crippen LogP contribution in [0, 0.1) is 0 Å². The summed E-state index contributed by atoms with van der Waals surface area (Å²) in [5.41, 5.74) is 2.24. The quantitative estimate of drug-likeness (QED) is 0.840. The molecule has 0 bridgehead atoms. The average Bonchev–Trinajstić information content (AvgIpc) is 2.49. The number of nitrogens with zero attached hydrogens (tertiary/aromatic N) is 1. The predicted octanol–water partition coefficient (Wildman–Crippen LogP) is 3.08. The van der Waals surface area contributed by atoms with Crippen LogP contribution in [0.25, 0.3) is 0 Å². The van der Waals surface area contributed by atoms with Crippen molar-refractivity contribution in [2.24, 2.45) is 0 Å². The van der Waals surface area contributed by atoms with Gasteiger partial charge in [-0.1, -0.05) is 42.5 Å². The summed E-state index contributed by atoms with van der Waals surface area (Å²) in [6.07, 6.45) is 0. The van der Waals surface area contributed by atoms with E-state index in [0.29, 0.717) is 13.2 Å². The molecule has 0 saturated heterocycles. The highest BCUT2D eigenvalue weighted by molar-refractivity contribution is 5.58. The Balaban J connectivity index is 2.24. The molecule has 0 aliphatic rings. The number of para-hydroxylation sites is 2. The van der Waals surface area contributed by atoms with Crippen LogP contribution in [0.4, 0.5) is 5.69 Å². The number of aliphatic hydroxyl groups excluding tert-OH is 1. The second kappa shape index (κ2) is 7.56. The van der Waals surface area contributed by atoms with E-state index in [1.807, 2.05) is 49.4 Å². The van der Waals surface area contributed by atoms with Gasteiger partial charge < -0.3 is 14.7 Å². The highest BCUT2D eigenvalue weighted by Crippen LogP contribution is 2.29. The van der Waals surface area contributed by atoms with Crippen LogP contribution in [0.1, 0.15) is 12.5 Å². The SMILES string of the molecule is CCOc1ccccc1N(CCO)Cc1ccccc1. The largest absolute Gasteiger partial charge is 0.492 e. The molecule has 1 N–H and O–H groups in total. The molecule has 0 spiro atoms. The van der Waals surface area contributed by atoms with Crippen LogP contribution < -0.4 is 9.64 Å². The van der Waals surface area contributed by atoms with Gasteiger partial charge in [0.25, 0.3) is 0 Å². The van der Waals surface area contributed by atoms with Gasteiger partial charge in [-0.25, -0.2) is 0 Å². The van der Waals surface area contributed by atoms with Crippen LogP contribution in [0.5, 0.6) is 5.75 Å². The van der Waals surface area contributed by atoms with E-state index in [1.54, 1.807) is 0 Å². The molecule has 106 valence electrons. The van der Waals surface area contributed by atoms with Gasteiger partial charge in [0.1, 0.15) is 5.75 Å².